The number of carbonyl (C=O) groups is 3. The number of azide groups is 1. The van der Waals surface area contributed by atoms with E-state index in [0.29, 0.717) is 0 Å². The molecule has 130 valence electrons. The van der Waals surface area contributed by atoms with Crippen LogP contribution >= 0.6 is 0 Å². The zero-order chi connectivity index (χ0) is 18.3. The normalized spacial score (nSPS) is 28.7. The summed E-state index contributed by atoms with van der Waals surface area (Å²) in [6.45, 7) is 3.05. The molecule has 24 heavy (non-hydrogen) atoms. The Kier molecular flexibility index (Phi) is 6.98. The molecule has 0 saturated carbocycles. The Morgan fingerprint density at radius 3 is 2.21 bits per heavy atom. The minimum absolute atomic E-state index is 0.341. The largest absolute Gasteiger partial charge is 0.463 e. The first kappa shape index (κ1) is 19.2. The summed E-state index contributed by atoms with van der Waals surface area (Å²) in [7, 11) is 0. The van der Waals surface area contributed by atoms with Gasteiger partial charge in [-0.2, -0.15) is 5.26 Å². The SMILES string of the molecule is CC(=O)OCC1O[C@@H](C#N)C(N=[N+]=[N-])[C@@H](OC(C)=O)[C@@H]1OC(C)=O. The molecule has 1 aliphatic heterocycles. The molecule has 1 aliphatic rings. The molecular formula is C13H16N4O7. The highest BCUT2D eigenvalue weighted by Gasteiger charge is 2.50. The van der Waals surface area contributed by atoms with Crippen molar-refractivity contribution in [2.75, 3.05) is 6.61 Å². The Bertz CT molecular complexity index is 596. The van der Waals surface area contributed by atoms with Gasteiger partial charge in [0.1, 0.15) is 18.8 Å². The maximum Gasteiger partial charge on any atom is 0.303 e. The molecule has 0 spiro atoms. The smallest absolute Gasteiger partial charge is 0.303 e. The van der Waals surface area contributed by atoms with Crippen molar-refractivity contribution < 1.29 is 33.3 Å². The van der Waals surface area contributed by atoms with Crippen LogP contribution in [0, 0.1) is 11.3 Å². The number of ether oxygens (including phenoxy) is 4. The molecular weight excluding hydrogens is 324 g/mol. The first-order valence-corrected chi connectivity index (χ1v) is 6.87. The fourth-order valence-electron chi connectivity index (χ4n) is 2.21. The molecule has 0 aromatic carbocycles. The highest BCUT2D eigenvalue weighted by atomic mass is 16.6. The first-order chi connectivity index (χ1) is 11.3. The molecule has 0 aromatic rings. The van der Waals surface area contributed by atoms with E-state index in [1.54, 1.807) is 6.07 Å². The Morgan fingerprint density at radius 2 is 1.75 bits per heavy atom. The van der Waals surface area contributed by atoms with Crippen LogP contribution in [0.4, 0.5) is 0 Å². The summed E-state index contributed by atoms with van der Waals surface area (Å²) in [5.41, 5.74) is 8.67. The van der Waals surface area contributed by atoms with Crippen molar-refractivity contribution in [1.82, 2.24) is 0 Å². The van der Waals surface area contributed by atoms with Crippen LogP contribution < -0.4 is 0 Å². The van der Waals surface area contributed by atoms with Crippen molar-refractivity contribution in [2.24, 2.45) is 5.11 Å². The predicted octanol–water partition coefficient (Wildman–Crippen LogP) is 0.383. The molecule has 0 aliphatic carbocycles. The fraction of sp³-hybridized carbons (Fsp3) is 0.692. The third-order valence-electron chi connectivity index (χ3n) is 3.03. The van der Waals surface area contributed by atoms with E-state index >= 15 is 0 Å². The summed E-state index contributed by atoms with van der Waals surface area (Å²) < 4.78 is 20.4. The van der Waals surface area contributed by atoms with Crippen LogP contribution in [0.25, 0.3) is 10.4 Å². The number of nitrogens with zero attached hydrogens (tertiary/aromatic N) is 4. The Morgan fingerprint density at radius 1 is 1.17 bits per heavy atom. The van der Waals surface area contributed by atoms with Gasteiger partial charge in [0.15, 0.2) is 18.3 Å². The third-order valence-corrected chi connectivity index (χ3v) is 3.03. The highest BCUT2D eigenvalue weighted by Crippen LogP contribution is 2.28. The van der Waals surface area contributed by atoms with E-state index in [4.69, 9.17) is 24.5 Å². The van der Waals surface area contributed by atoms with Gasteiger partial charge in [-0.05, 0) is 5.53 Å². The molecule has 1 heterocycles. The Labute approximate surface area is 137 Å². The summed E-state index contributed by atoms with van der Waals surface area (Å²) in [6, 6.07) is 0.540. The molecule has 0 bridgehead atoms. The van der Waals surface area contributed by atoms with Gasteiger partial charge < -0.3 is 18.9 Å². The Balaban J connectivity index is 3.22. The quantitative estimate of drug-likeness (QED) is 0.228. The van der Waals surface area contributed by atoms with Gasteiger partial charge in [0.25, 0.3) is 0 Å². The van der Waals surface area contributed by atoms with Crippen molar-refractivity contribution in [3.8, 4) is 6.07 Å². The van der Waals surface area contributed by atoms with Gasteiger partial charge in [0, 0.05) is 25.7 Å². The maximum absolute atomic E-state index is 11.4. The van der Waals surface area contributed by atoms with Gasteiger partial charge in [-0.15, -0.1) is 0 Å². The van der Waals surface area contributed by atoms with E-state index in [-0.39, 0.29) is 6.61 Å². The number of rotatable bonds is 5. The topological polar surface area (TPSA) is 161 Å². The summed E-state index contributed by atoms with van der Waals surface area (Å²) in [5, 5.41) is 12.6. The standard InChI is InChI=1S/C13H16N4O7/c1-6(18)21-5-10-12(22-7(2)19)13(23-8(3)20)11(16-17-15)9(4-14)24-10/h9-13H,5H2,1-3H3/t9-,10?,11?,12+,13+/m0/s1. The van der Waals surface area contributed by atoms with E-state index in [1.807, 2.05) is 0 Å². The van der Waals surface area contributed by atoms with E-state index in [0.717, 1.165) is 20.8 Å². The molecule has 1 saturated heterocycles. The predicted molar refractivity (Wildman–Crippen MR) is 74.9 cm³/mol. The highest BCUT2D eigenvalue weighted by molar-refractivity contribution is 5.68. The molecule has 1 rings (SSSR count). The van der Waals surface area contributed by atoms with Crippen LogP contribution in [0.5, 0.6) is 0 Å². The minimum atomic E-state index is -1.28. The monoisotopic (exact) mass is 340 g/mol. The molecule has 5 atom stereocenters. The Hall–Kier alpha value is -2.83. The van der Waals surface area contributed by atoms with Crippen molar-refractivity contribution in [1.29, 1.82) is 5.26 Å². The number of esters is 3. The molecule has 1 fully saturated rings. The van der Waals surface area contributed by atoms with E-state index in [9.17, 15) is 19.6 Å². The van der Waals surface area contributed by atoms with Gasteiger partial charge in [-0.25, -0.2) is 0 Å². The van der Waals surface area contributed by atoms with Gasteiger partial charge in [-0.3, -0.25) is 14.4 Å². The summed E-state index contributed by atoms with van der Waals surface area (Å²) in [4.78, 5) is 36.3. The molecule has 0 amide bonds. The molecule has 0 radical (unpaired) electrons. The van der Waals surface area contributed by atoms with Crippen LogP contribution in [0.2, 0.25) is 0 Å². The van der Waals surface area contributed by atoms with E-state index in [1.165, 1.54) is 0 Å². The molecule has 0 aromatic heterocycles. The average molecular weight is 340 g/mol. The lowest BCUT2D eigenvalue weighted by Crippen LogP contribution is -2.60. The molecule has 11 nitrogen and oxygen atoms in total. The lowest BCUT2D eigenvalue weighted by atomic mass is 9.93. The van der Waals surface area contributed by atoms with Gasteiger partial charge in [0.05, 0.1) is 6.07 Å². The average Bonchev–Trinajstić information content (AvgIpc) is 2.48. The van der Waals surface area contributed by atoms with E-state index < -0.39 is 48.4 Å². The van der Waals surface area contributed by atoms with E-state index in [2.05, 4.69) is 10.0 Å². The van der Waals surface area contributed by atoms with Crippen LogP contribution in [-0.4, -0.2) is 55.0 Å². The summed E-state index contributed by atoms with van der Waals surface area (Å²) in [5.74, 6) is -2.07. The number of hydrogen-bond acceptors (Lipinski definition) is 9. The van der Waals surface area contributed by atoms with Crippen molar-refractivity contribution in [3.63, 3.8) is 0 Å². The van der Waals surface area contributed by atoms with Crippen molar-refractivity contribution >= 4 is 17.9 Å². The first-order valence-electron chi connectivity index (χ1n) is 6.87. The van der Waals surface area contributed by atoms with Crippen molar-refractivity contribution in [2.45, 2.75) is 51.2 Å². The second kappa shape index (κ2) is 8.71. The second-order valence-electron chi connectivity index (χ2n) is 4.87. The zero-order valence-electron chi connectivity index (χ0n) is 13.2. The zero-order valence-corrected chi connectivity index (χ0v) is 13.2. The molecule has 11 heteroatoms. The summed E-state index contributed by atoms with van der Waals surface area (Å²) >= 11 is 0. The third kappa shape index (κ3) is 5.12. The lowest BCUT2D eigenvalue weighted by Gasteiger charge is -2.41. The number of nitriles is 1. The minimum Gasteiger partial charge on any atom is -0.463 e. The van der Waals surface area contributed by atoms with Crippen LogP contribution in [0.15, 0.2) is 5.11 Å². The fourth-order valence-corrected chi connectivity index (χ4v) is 2.21. The van der Waals surface area contributed by atoms with Gasteiger partial charge in [0.2, 0.25) is 0 Å². The maximum atomic E-state index is 11.4. The molecule has 2 unspecified atom stereocenters. The lowest BCUT2D eigenvalue weighted by molar-refractivity contribution is -0.213. The van der Waals surface area contributed by atoms with Gasteiger partial charge >= 0.3 is 17.9 Å². The number of carbonyl (C=O) groups excluding carboxylic acids is 3. The van der Waals surface area contributed by atoms with Crippen LogP contribution in [0.1, 0.15) is 20.8 Å². The number of hydrogen-bond donors (Lipinski definition) is 0. The van der Waals surface area contributed by atoms with Gasteiger partial charge in [-0.1, -0.05) is 5.11 Å². The second-order valence-corrected chi connectivity index (χ2v) is 4.87. The summed E-state index contributed by atoms with van der Waals surface area (Å²) in [6.07, 6.45) is -4.83. The van der Waals surface area contributed by atoms with Crippen LogP contribution in [-0.2, 0) is 33.3 Å². The van der Waals surface area contributed by atoms with Crippen molar-refractivity contribution in [3.05, 3.63) is 10.4 Å². The molecule has 0 N–H and O–H groups in total. The van der Waals surface area contributed by atoms with Crippen LogP contribution in [0.3, 0.4) is 0 Å².